The highest BCUT2D eigenvalue weighted by atomic mass is 79.9. The summed E-state index contributed by atoms with van der Waals surface area (Å²) >= 11 is 2.98. The fourth-order valence-corrected chi connectivity index (χ4v) is 1.15. The summed E-state index contributed by atoms with van der Waals surface area (Å²) in [6.45, 7) is 1.70. The second kappa shape index (κ2) is 4.68. The van der Waals surface area contributed by atoms with Crippen molar-refractivity contribution >= 4 is 21.9 Å². The topological polar surface area (TPSA) is 60.4 Å². The zero-order valence-electron chi connectivity index (χ0n) is 5.71. The van der Waals surface area contributed by atoms with Crippen LogP contribution in [0.25, 0.3) is 0 Å². The highest BCUT2D eigenvalue weighted by molar-refractivity contribution is 9.09. The summed E-state index contributed by atoms with van der Waals surface area (Å²) in [5.74, 6) is -1.94. The van der Waals surface area contributed by atoms with Crippen LogP contribution in [0, 0.1) is 5.92 Å². The Morgan fingerprint density at radius 2 is 2.30 bits per heavy atom. The molecule has 0 radical (unpaired) electrons. The van der Waals surface area contributed by atoms with E-state index in [9.17, 15) is 9.90 Å². The molecule has 2 atom stereocenters. The van der Waals surface area contributed by atoms with Crippen molar-refractivity contribution in [1.82, 2.24) is 0 Å². The third-order valence-electron chi connectivity index (χ3n) is 1.37. The Morgan fingerprint density at radius 1 is 1.80 bits per heavy atom. The second-order valence-electron chi connectivity index (χ2n) is 2.06. The number of hydrogen-bond donors (Lipinski definition) is 1. The number of hydrogen-bond acceptors (Lipinski definition) is 3. The minimum atomic E-state index is -1.19. The number of carbonyl (C=O) groups is 1. The Labute approximate surface area is 68.2 Å². The van der Waals surface area contributed by atoms with Gasteiger partial charge in [-0.3, -0.25) is 0 Å². The first-order valence-electron chi connectivity index (χ1n) is 3.08. The molecule has 0 aromatic carbocycles. The highest BCUT2D eigenvalue weighted by Crippen LogP contribution is 2.09. The molecule has 0 spiro atoms. The minimum Gasteiger partial charge on any atom is -0.550 e. The third kappa shape index (κ3) is 2.66. The number of carboxylic acids is 1. The molecule has 0 aliphatic heterocycles. The van der Waals surface area contributed by atoms with Gasteiger partial charge in [-0.1, -0.05) is 22.9 Å². The van der Waals surface area contributed by atoms with Crippen molar-refractivity contribution in [2.24, 2.45) is 5.92 Å². The number of aliphatic hydroxyl groups is 1. The molecule has 0 saturated carbocycles. The summed E-state index contributed by atoms with van der Waals surface area (Å²) in [5.41, 5.74) is 0. The standard InChI is InChI=1S/C6H11BrO3/c1-2-4(6(9)10)5(8)3-7/h4-5,8H,2-3H2,1H3,(H,9,10)/p-1. The number of halogens is 1. The number of carbonyl (C=O) groups excluding carboxylic acids is 1. The number of rotatable bonds is 4. The predicted molar refractivity (Wildman–Crippen MR) is 38.6 cm³/mol. The van der Waals surface area contributed by atoms with Crippen LogP contribution < -0.4 is 5.11 Å². The van der Waals surface area contributed by atoms with E-state index in [1.54, 1.807) is 6.92 Å². The van der Waals surface area contributed by atoms with Gasteiger partial charge in [0.1, 0.15) is 0 Å². The molecule has 0 aromatic heterocycles. The fraction of sp³-hybridized carbons (Fsp3) is 0.833. The maximum atomic E-state index is 10.2. The summed E-state index contributed by atoms with van der Waals surface area (Å²) in [7, 11) is 0. The lowest BCUT2D eigenvalue weighted by Crippen LogP contribution is -2.38. The normalized spacial score (nSPS) is 16.3. The van der Waals surface area contributed by atoms with Gasteiger partial charge < -0.3 is 15.0 Å². The molecule has 0 aromatic rings. The maximum Gasteiger partial charge on any atom is 0.0717 e. The predicted octanol–water partition coefficient (Wildman–Crippen LogP) is -0.482. The average Bonchev–Trinajstić information content (AvgIpc) is 1.88. The molecule has 10 heavy (non-hydrogen) atoms. The first-order chi connectivity index (χ1) is 4.63. The largest absolute Gasteiger partial charge is 0.550 e. The number of carboxylic acid groups (broad SMARTS) is 1. The summed E-state index contributed by atoms with van der Waals surface area (Å²) in [6, 6.07) is 0. The van der Waals surface area contributed by atoms with Crippen molar-refractivity contribution in [1.29, 1.82) is 0 Å². The van der Waals surface area contributed by atoms with E-state index in [-0.39, 0.29) is 5.33 Å². The van der Waals surface area contributed by atoms with Crippen LogP contribution in [0.5, 0.6) is 0 Å². The lowest BCUT2D eigenvalue weighted by Gasteiger charge is -2.19. The van der Waals surface area contributed by atoms with Gasteiger partial charge in [0.2, 0.25) is 0 Å². The summed E-state index contributed by atoms with van der Waals surface area (Å²) in [5, 5.41) is 19.5. The smallest absolute Gasteiger partial charge is 0.0717 e. The van der Waals surface area contributed by atoms with E-state index < -0.39 is 18.0 Å². The molecule has 0 rings (SSSR count). The molecule has 0 amide bonds. The Morgan fingerprint density at radius 3 is 2.40 bits per heavy atom. The van der Waals surface area contributed by atoms with Gasteiger partial charge in [-0.05, 0) is 6.42 Å². The molecule has 0 fully saturated rings. The Kier molecular flexibility index (Phi) is 4.64. The first-order valence-corrected chi connectivity index (χ1v) is 4.20. The monoisotopic (exact) mass is 209 g/mol. The van der Waals surface area contributed by atoms with E-state index in [1.807, 2.05) is 0 Å². The molecular formula is C6H10BrO3-. The van der Waals surface area contributed by atoms with Gasteiger partial charge in [-0.2, -0.15) is 0 Å². The molecule has 0 aliphatic carbocycles. The van der Waals surface area contributed by atoms with E-state index in [1.165, 1.54) is 0 Å². The van der Waals surface area contributed by atoms with Crippen LogP contribution in [-0.2, 0) is 4.79 Å². The van der Waals surface area contributed by atoms with Crippen molar-refractivity contribution < 1.29 is 15.0 Å². The number of alkyl halides is 1. The Hall–Kier alpha value is -0.0900. The average molecular weight is 210 g/mol. The van der Waals surface area contributed by atoms with Crippen LogP contribution in [0.4, 0.5) is 0 Å². The molecule has 2 unspecified atom stereocenters. The Balaban J connectivity index is 3.92. The van der Waals surface area contributed by atoms with Crippen LogP contribution in [0.1, 0.15) is 13.3 Å². The fourth-order valence-electron chi connectivity index (χ4n) is 0.703. The lowest BCUT2D eigenvalue weighted by atomic mass is 10.0. The molecular weight excluding hydrogens is 200 g/mol. The van der Waals surface area contributed by atoms with Gasteiger partial charge in [0, 0.05) is 17.2 Å². The molecule has 0 bridgehead atoms. The van der Waals surface area contributed by atoms with Gasteiger partial charge in [0.25, 0.3) is 0 Å². The number of aliphatic hydroxyl groups excluding tert-OH is 1. The second-order valence-corrected chi connectivity index (χ2v) is 2.70. The van der Waals surface area contributed by atoms with E-state index in [2.05, 4.69) is 15.9 Å². The molecule has 4 heteroatoms. The van der Waals surface area contributed by atoms with Gasteiger partial charge in [0.15, 0.2) is 0 Å². The summed E-state index contributed by atoms with van der Waals surface area (Å²) < 4.78 is 0. The Bertz CT molecular complexity index is 116. The van der Waals surface area contributed by atoms with Crippen LogP contribution in [0.3, 0.4) is 0 Å². The van der Waals surface area contributed by atoms with Crippen molar-refractivity contribution in [2.75, 3.05) is 5.33 Å². The van der Waals surface area contributed by atoms with Crippen molar-refractivity contribution in [3.8, 4) is 0 Å². The zero-order chi connectivity index (χ0) is 8.15. The van der Waals surface area contributed by atoms with Crippen molar-refractivity contribution in [3.05, 3.63) is 0 Å². The highest BCUT2D eigenvalue weighted by Gasteiger charge is 2.16. The van der Waals surface area contributed by atoms with E-state index in [0.29, 0.717) is 6.42 Å². The SMILES string of the molecule is CCC(C(=O)[O-])C(O)CBr. The molecule has 0 heterocycles. The summed E-state index contributed by atoms with van der Waals surface area (Å²) in [4.78, 5) is 10.2. The molecule has 60 valence electrons. The van der Waals surface area contributed by atoms with Gasteiger partial charge in [-0.15, -0.1) is 0 Å². The number of aliphatic carboxylic acids is 1. The van der Waals surface area contributed by atoms with Crippen molar-refractivity contribution in [2.45, 2.75) is 19.4 Å². The van der Waals surface area contributed by atoms with Gasteiger partial charge >= 0.3 is 0 Å². The lowest BCUT2D eigenvalue weighted by molar-refractivity contribution is -0.314. The van der Waals surface area contributed by atoms with E-state index in [0.717, 1.165) is 0 Å². The molecule has 3 nitrogen and oxygen atoms in total. The molecule has 1 N–H and O–H groups in total. The van der Waals surface area contributed by atoms with Crippen molar-refractivity contribution in [3.63, 3.8) is 0 Å². The van der Waals surface area contributed by atoms with Crippen LogP contribution in [0.15, 0.2) is 0 Å². The minimum absolute atomic E-state index is 0.277. The zero-order valence-corrected chi connectivity index (χ0v) is 7.30. The molecule has 0 saturated heterocycles. The van der Waals surface area contributed by atoms with Crippen LogP contribution >= 0.6 is 15.9 Å². The van der Waals surface area contributed by atoms with Crippen LogP contribution in [-0.4, -0.2) is 22.5 Å². The first kappa shape index (κ1) is 9.91. The maximum absolute atomic E-state index is 10.2. The van der Waals surface area contributed by atoms with E-state index in [4.69, 9.17) is 5.11 Å². The van der Waals surface area contributed by atoms with Gasteiger partial charge in [-0.25, -0.2) is 0 Å². The third-order valence-corrected chi connectivity index (χ3v) is 2.03. The summed E-state index contributed by atoms with van der Waals surface area (Å²) in [6.07, 6.45) is -0.440. The molecule has 0 aliphatic rings. The van der Waals surface area contributed by atoms with E-state index >= 15 is 0 Å². The van der Waals surface area contributed by atoms with Gasteiger partial charge in [0.05, 0.1) is 6.10 Å². The van der Waals surface area contributed by atoms with Crippen LogP contribution in [0.2, 0.25) is 0 Å². The quantitative estimate of drug-likeness (QED) is 0.637.